The van der Waals surface area contributed by atoms with Crippen molar-refractivity contribution in [3.8, 4) is 16.3 Å². The monoisotopic (exact) mass is 263 g/mol. The van der Waals surface area contributed by atoms with Crippen LogP contribution in [0.1, 0.15) is 24.4 Å². The summed E-state index contributed by atoms with van der Waals surface area (Å²) in [7, 11) is 1.65. The number of aliphatic hydroxyl groups is 1. The normalized spacial score (nSPS) is 11.6. The first-order valence-corrected chi connectivity index (χ1v) is 6.59. The molecule has 0 amide bonds. The van der Waals surface area contributed by atoms with Crippen LogP contribution in [-0.2, 0) is 5.60 Å². The molecule has 3 nitrogen and oxygen atoms in total. The van der Waals surface area contributed by atoms with E-state index in [0.29, 0.717) is 0 Å². The van der Waals surface area contributed by atoms with Gasteiger partial charge in [-0.3, -0.25) is 0 Å². The first-order valence-electron chi connectivity index (χ1n) is 5.77. The SMILES string of the molecule is COc1ccccc1-c1nc(C)c(C(C)(C)O)s1. The Kier molecular flexibility index (Phi) is 3.41. The summed E-state index contributed by atoms with van der Waals surface area (Å²) in [5, 5.41) is 11.0. The van der Waals surface area contributed by atoms with Crippen LogP contribution < -0.4 is 4.74 Å². The topological polar surface area (TPSA) is 42.4 Å². The molecule has 0 fully saturated rings. The van der Waals surface area contributed by atoms with Crippen LogP contribution in [0.3, 0.4) is 0 Å². The van der Waals surface area contributed by atoms with Crippen LogP contribution in [-0.4, -0.2) is 17.2 Å². The van der Waals surface area contributed by atoms with Crippen molar-refractivity contribution in [2.24, 2.45) is 0 Å². The molecule has 2 rings (SSSR count). The Labute approximate surface area is 111 Å². The Bertz CT molecular complexity index is 555. The molecule has 0 aliphatic rings. The zero-order valence-electron chi connectivity index (χ0n) is 11.0. The summed E-state index contributed by atoms with van der Waals surface area (Å²) in [5.41, 5.74) is 0.971. The maximum atomic E-state index is 10.1. The molecule has 1 N–H and O–H groups in total. The van der Waals surface area contributed by atoms with Crippen LogP contribution in [0.2, 0.25) is 0 Å². The van der Waals surface area contributed by atoms with Crippen molar-refractivity contribution in [1.82, 2.24) is 4.98 Å². The van der Waals surface area contributed by atoms with Crippen molar-refractivity contribution < 1.29 is 9.84 Å². The Morgan fingerprint density at radius 2 is 1.94 bits per heavy atom. The molecule has 2 aromatic rings. The molecular formula is C14H17NO2S. The molecule has 0 saturated carbocycles. The summed E-state index contributed by atoms with van der Waals surface area (Å²) >= 11 is 1.51. The zero-order chi connectivity index (χ0) is 13.3. The average molecular weight is 263 g/mol. The lowest BCUT2D eigenvalue weighted by atomic mass is 10.1. The van der Waals surface area contributed by atoms with Gasteiger partial charge >= 0.3 is 0 Å². The Morgan fingerprint density at radius 1 is 1.28 bits per heavy atom. The highest BCUT2D eigenvalue weighted by atomic mass is 32.1. The van der Waals surface area contributed by atoms with Gasteiger partial charge in [-0.05, 0) is 32.9 Å². The number of rotatable bonds is 3. The number of thiazole rings is 1. The highest BCUT2D eigenvalue weighted by Gasteiger charge is 2.24. The van der Waals surface area contributed by atoms with Crippen LogP contribution in [0.15, 0.2) is 24.3 Å². The van der Waals surface area contributed by atoms with Crippen LogP contribution in [0, 0.1) is 6.92 Å². The number of nitrogens with zero attached hydrogens (tertiary/aromatic N) is 1. The van der Waals surface area contributed by atoms with Crippen LogP contribution in [0.4, 0.5) is 0 Å². The maximum Gasteiger partial charge on any atom is 0.129 e. The van der Waals surface area contributed by atoms with Crippen molar-refractivity contribution in [3.05, 3.63) is 34.8 Å². The molecule has 96 valence electrons. The number of hydrogen-bond donors (Lipinski definition) is 1. The summed E-state index contributed by atoms with van der Waals surface area (Å²) in [6.45, 7) is 5.47. The van der Waals surface area contributed by atoms with Gasteiger partial charge in [0.25, 0.3) is 0 Å². The predicted molar refractivity (Wildman–Crippen MR) is 74.1 cm³/mol. The molecule has 0 aliphatic carbocycles. The molecule has 0 saturated heterocycles. The number of hydrogen-bond acceptors (Lipinski definition) is 4. The summed E-state index contributed by atoms with van der Waals surface area (Å²) < 4.78 is 5.34. The van der Waals surface area contributed by atoms with Gasteiger partial charge in [-0.2, -0.15) is 0 Å². The molecule has 1 aromatic heterocycles. The van der Waals surface area contributed by atoms with Crippen molar-refractivity contribution in [1.29, 1.82) is 0 Å². The minimum Gasteiger partial charge on any atom is -0.496 e. The second-order valence-electron chi connectivity index (χ2n) is 4.69. The molecule has 1 aromatic carbocycles. The summed E-state index contributed by atoms with van der Waals surface area (Å²) in [5.74, 6) is 0.800. The average Bonchev–Trinajstić information content (AvgIpc) is 2.71. The fraction of sp³-hybridized carbons (Fsp3) is 0.357. The van der Waals surface area contributed by atoms with Gasteiger partial charge < -0.3 is 9.84 Å². The Hall–Kier alpha value is -1.39. The fourth-order valence-corrected chi connectivity index (χ4v) is 3.00. The summed E-state index contributed by atoms with van der Waals surface area (Å²) in [6, 6.07) is 7.78. The standard InChI is InChI=1S/C14H17NO2S/c1-9-12(14(2,3)16)18-13(15-9)10-7-5-6-8-11(10)17-4/h5-8,16H,1-4H3. The van der Waals surface area contributed by atoms with Crippen LogP contribution in [0.25, 0.3) is 10.6 Å². The van der Waals surface area contributed by atoms with Crippen LogP contribution >= 0.6 is 11.3 Å². The van der Waals surface area contributed by atoms with E-state index >= 15 is 0 Å². The van der Waals surface area contributed by atoms with E-state index in [2.05, 4.69) is 4.98 Å². The Balaban J connectivity index is 2.53. The van der Waals surface area contributed by atoms with Gasteiger partial charge in [-0.1, -0.05) is 12.1 Å². The quantitative estimate of drug-likeness (QED) is 0.923. The van der Waals surface area contributed by atoms with E-state index < -0.39 is 5.60 Å². The van der Waals surface area contributed by atoms with E-state index in [0.717, 1.165) is 26.9 Å². The Morgan fingerprint density at radius 3 is 2.50 bits per heavy atom. The zero-order valence-corrected chi connectivity index (χ0v) is 11.8. The number of benzene rings is 1. The largest absolute Gasteiger partial charge is 0.496 e. The van der Waals surface area contributed by atoms with E-state index in [1.165, 1.54) is 11.3 Å². The third-order valence-corrected chi connectivity index (χ3v) is 4.19. The number of methoxy groups -OCH3 is 1. The van der Waals surface area contributed by atoms with Gasteiger partial charge in [-0.15, -0.1) is 11.3 Å². The molecular weight excluding hydrogens is 246 g/mol. The van der Waals surface area contributed by atoms with Gasteiger partial charge in [0.15, 0.2) is 0 Å². The minimum atomic E-state index is -0.859. The summed E-state index contributed by atoms with van der Waals surface area (Å²) in [4.78, 5) is 5.43. The van der Waals surface area contributed by atoms with Gasteiger partial charge in [0, 0.05) is 0 Å². The van der Waals surface area contributed by atoms with Crippen molar-refractivity contribution >= 4 is 11.3 Å². The van der Waals surface area contributed by atoms with Gasteiger partial charge in [0.1, 0.15) is 10.8 Å². The molecule has 0 aliphatic heterocycles. The summed E-state index contributed by atoms with van der Waals surface area (Å²) in [6.07, 6.45) is 0. The number of para-hydroxylation sites is 1. The maximum absolute atomic E-state index is 10.1. The van der Waals surface area contributed by atoms with Crippen molar-refractivity contribution in [3.63, 3.8) is 0 Å². The first kappa shape index (κ1) is 13.1. The second kappa shape index (κ2) is 4.71. The highest BCUT2D eigenvalue weighted by molar-refractivity contribution is 7.15. The smallest absolute Gasteiger partial charge is 0.129 e. The van der Waals surface area contributed by atoms with E-state index in [9.17, 15) is 5.11 Å². The third-order valence-electron chi connectivity index (χ3n) is 2.69. The molecule has 1 heterocycles. The molecule has 0 spiro atoms. The van der Waals surface area contributed by atoms with Gasteiger partial charge in [0.2, 0.25) is 0 Å². The highest BCUT2D eigenvalue weighted by Crippen LogP contribution is 2.37. The predicted octanol–water partition coefficient (Wildman–Crippen LogP) is 3.35. The van der Waals surface area contributed by atoms with Gasteiger partial charge in [-0.25, -0.2) is 4.98 Å². The lowest BCUT2D eigenvalue weighted by molar-refractivity contribution is 0.0817. The molecule has 0 radical (unpaired) electrons. The first-order chi connectivity index (χ1) is 8.43. The molecule has 0 bridgehead atoms. The lowest BCUT2D eigenvalue weighted by Crippen LogP contribution is -2.14. The van der Waals surface area contributed by atoms with Crippen molar-refractivity contribution in [2.75, 3.05) is 7.11 Å². The van der Waals surface area contributed by atoms with Gasteiger partial charge in [0.05, 0.1) is 28.8 Å². The number of aromatic nitrogens is 1. The van der Waals surface area contributed by atoms with E-state index in [4.69, 9.17) is 4.74 Å². The minimum absolute atomic E-state index is 0.800. The second-order valence-corrected chi connectivity index (χ2v) is 5.69. The van der Waals surface area contributed by atoms with E-state index in [1.807, 2.05) is 31.2 Å². The number of ether oxygens (including phenoxy) is 1. The van der Waals surface area contributed by atoms with Crippen molar-refractivity contribution in [2.45, 2.75) is 26.4 Å². The molecule has 18 heavy (non-hydrogen) atoms. The lowest BCUT2D eigenvalue weighted by Gasteiger charge is -2.15. The third kappa shape index (κ3) is 2.40. The van der Waals surface area contributed by atoms with Crippen LogP contribution in [0.5, 0.6) is 5.75 Å². The molecule has 0 atom stereocenters. The molecule has 0 unspecified atom stereocenters. The number of aryl methyl sites for hydroxylation is 1. The van der Waals surface area contributed by atoms with E-state index in [-0.39, 0.29) is 0 Å². The molecule has 4 heteroatoms. The van der Waals surface area contributed by atoms with E-state index in [1.54, 1.807) is 21.0 Å². The fourth-order valence-electron chi connectivity index (χ4n) is 1.90.